The minimum atomic E-state index is -1.25. The molecule has 0 amide bonds. The van der Waals surface area contributed by atoms with E-state index in [2.05, 4.69) is 0 Å². The van der Waals surface area contributed by atoms with Gasteiger partial charge in [-0.1, -0.05) is 18.2 Å². The molecule has 2 aromatic rings. The highest BCUT2D eigenvalue weighted by Crippen LogP contribution is 2.44. The maximum Gasteiger partial charge on any atom is 0.326 e. The smallest absolute Gasteiger partial charge is 0.326 e. The number of fused-ring (bicyclic) bond motifs is 1. The van der Waals surface area contributed by atoms with Crippen molar-refractivity contribution < 1.29 is 29.1 Å². The van der Waals surface area contributed by atoms with Gasteiger partial charge in [-0.25, -0.2) is 0 Å². The Kier molecular flexibility index (Phi) is 4.10. The third-order valence-electron chi connectivity index (χ3n) is 4.05. The molecule has 1 aliphatic heterocycles. The van der Waals surface area contributed by atoms with Crippen LogP contribution in [-0.4, -0.2) is 29.1 Å². The SMILES string of the molecule is COC(=O)[C@@H]1C(=O)Oc2cc(O)ccc2[C@H]1c1ccc([N+](=O)[O-])cc1. The van der Waals surface area contributed by atoms with Crippen LogP contribution in [0.3, 0.4) is 0 Å². The Bertz CT molecular complexity index is 860. The number of esters is 2. The third-order valence-corrected chi connectivity index (χ3v) is 4.05. The normalized spacial score (nSPS) is 18.8. The summed E-state index contributed by atoms with van der Waals surface area (Å²) < 4.78 is 9.87. The first-order valence-corrected chi connectivity index (χ1v) is 7.29. The number of carbonyl (C=O) groups excluding carboxylic acids is 2. The van der Waals surface area contributed by atoms with E-state index in [1.54, 1.807) is 6.07 Å². The Morgan fingerprint density at radius 2 is 1.92 bits per heavy atom. The average Bonchev–Trinajstić information content (AvgIpc) is 2.59. The number of methoxy groups -OCH3 is 1. The molecule has 3 rings (SSSR count). The molecular weight excluding hydrogens is 330 g/mol. The molecule has 0 aliphatic carbocycles. The Balaban J connectivity index is 2.15. The number of phenolic OH excluding ortho intramolecular Hbond substituents is 1. The molecule has 8 heteroatoms. The van der Waals surface area contributed by atoms with E-state index in [0.717, 1.165) is 7.11 Å². The van der Waals surface area contributed by atoms with Gasteiger partial charge in [-0.05, 0) is 11.6 Å². The molecule has 0 fully saturated rings. The molecule has 1 heterocycles. The second kappa shape index (κ2) is 6.23. The zero-order valence-corrected chi connectivity index (χ0v) is 13.0. The number of non-ortho nitro benzene ring substituents is 1. The van der Waals surface area contributed by atoms with E-state index < -0.39 is 28.7 Å². The number of hydrogen-bond acceptors (Lipinski definition) is 7. The fraction of sp³-hybridized carbons (Fsp3) is 0.176. The van der Waals surface area contributed by atoms with Gasteiger partial charge in [0, 0.05) is 29.7 Å². The van der Waals surface area contributed by atoms with Gasteiger partial charge in [-0.3, -0.25) is 19.7 Å². The second-order valence-electron chi connectivity index (χ2n) is 5.47. The van der Waals surface area contributed by atoms with Crippen molar-refractivity contribution in [3.63, 3.8) is 0 Å². The molecule has 128 valence electrons. The van der Waals surface area contributed by atoms with E-state index in [0.29, 0.717) is 11.1 Å². The summed E-state index contributed by atoms with van der Waals surface area (Å²) in [7, 11) is 1.16. The molecule has 1 aliphatic rings. The molecule has 0 bridgehead atoms. The lowest BCUT2D eigenvalue weighted by molar-refractivity contribution is -0.384. The largest absolute Gasteiger partial charge is 0.508 e. The minimum Gasteiger partial charge on any atom is -0.508 e. The highest BCUT2D eigenvalue weighted by Gasteiger charge is 2.44. The summed E-state index contributed by atoms with van der Waals surface area (Å²) in [5.41, 5.74) is 0.911. The average molecular weight is 343 g/mol. The summed E-state index contributed by atoms with van der Waals surface area (Å²) >= 11 is 0. The lowest BCUT2D eigenvalue weighted by atomic mass is 9.78. The van der Waals surface area contributed by atoms with Gasteiger partial charge in [-0.2, -0.15) is 0 Å². The molecule has 1 N–H and O–H groups in total. The molecular formula is C17H13NO7. The van der Waals surface area contributed by atoms with Crippen molar-refractivity contribution in [1.82, 2.24) is 0 Å². The number of aromatic hydroxyl groups is 1. The van der Waals surface area contributed by atoms with Gasteiger partial charge < -0.3 is 14.6 Å². The summed E-state index contributed by atoms with van der Waals surface area (Å²) in [6.45, 7) is 0. The Morgan fingerprint density at radius 3 is 2.52 bits per heavy atom. The first-order chi connectivity index (χ1) is 11.9. The van der Waals surface area contributed by atoms with Gasteiger partial charge in [0.2, 0.25) is 0 Å². The zero-order valence-electron chi connectivity index (χ0n) is 13.0. The van der Waals surface area contributed by atoms with Crippen LogP contribution in [0.5, 0.6) is 11.5 Å². The van der Waals surface area contributed by atoms with Crippen molar-refractivity contribution >= 4 is 17.6 Å². The predicted molar refractivity (Wildman–Crippen MR) is 84.2 cm³/mol. The number of hydrogen-bond donors (Lipinski definition) is 1. The van der Waals surface area contributed by atoms with E-state index in [1.807, 2.05) is 0 Å². The molecule has 0 spiro atoms. The molecule has 0 aromatic heterocycles. The van der Waals surface area contributed by atoms with Crippen LogP contribution in [0.15, 0.2) is 42.5 Å². The quantitative estimate of drug-likeness (QED) is 0.298. The predicted octanol–water partition coefficient (Wildman–Crippen LogP) is 2.14. The van der Waals surface area contributed by atoms with E-state index in [-0.39, 0.29) is 17.2 Å². The van der Waals surface area contributed by atoms with Crippen LogP contribution in [0, 0.1) is 16.0 Å². The van der Waals surface area contributed by atoms with Crippen molar-refractivity contribution in [1.29, 1.82) is 0 Å². The number of phenols is 1. The van der Waals surface area contributed by atoms with Crippen LogP contribution in [-0.2, 0) is 14.3 Å². The number of ether oxygens (including phenoxy) is 2. The minimum absolute atomic E-state index is 0.0921. The number of rotatable bonds is 3. The summed E-state index contributed by atoms with van der Waals surface area (Å²) in [6.07, 6.45) is 0. The summed E-state index contributed by atoms with van der Waals surface area (Å²) in [5, 5.41) is 20.4. The molecule has 8 nitrogen and oxygen atoms in total. The van der Waals surface area contributed by atoms with Crippen LogP contribution in [0.25, 0.3) is 0 Å². The summed E-state index contributed by atoms with van der Waals surface area (Å²) in [4.78, 5) is 34.7. The maximum absolute atomic E-state index is 12.3. The Hall–Kier alpha value is -3.42. The summed E-state index contributed by atoms with van der Waals surface area (Å²) in [6, 6.07) is 9.78. The Labute approximate surface area is 141 Å². The lowest BCUT2D eigenvalue weighted by Crippen LogP contribution is -2.38. The molecule has 0 saturated heterocycles. The van der Waals surface area contributed by atoms with Crippen molar-refractivity contribution in [2.45, 2.75) is 5.92 Å². The van der Waals surface area contributed by atoms with Crippen LogP contribution in [0.1, 0.15) is 17.0 Å². The van der Waals surface area contributed by atoms with Crippen LogP contribution in [0.2, 0.25) is 0 Å². The number of nitro benzene ring substituents is 1. The van der Waals surface area contributed by atoms with Crippen molar-refractivity contribution in [2.75, 3.05) is 7.11 Å². The van der Waals surface area contributed by atoms with Crippen LogP contribution in [0.4, 0.5) is 5.69 Å². The number of carbonyl (C=O) groups is 2. The van der Waals surface area contributed by atoms with Gasteiger partial charge in [-0.15, -0.1) is 0 Å². The van der Waals surface area contributed by atoms with Gasteiger partial charge >= 0.3 is 11.9 Å². The fourth-order valence-electron chi connectivity index (χ4n) is 2.89. The molecule has 2 aromatic carbocycles. The van der Waals surface area contributed by atoms with Crippen LogP contribution >= 0.6 is 0 Å². The third kappa shape index (κ3) is 2.89. The number of nitro groups is 1. The van der Waals surface area contributed by atoms with E-state index in [1.165, 1.54) is 36.4 Å². The summed E-state index contributed by atoms with van der Waals surface area (Å²) in [5.74, 6) is -3.53. The van der Waals surface area contributed by atoms with Gasteiger partial charge in [0.15, 0.2) is 5.92 Å². The highest BCUT2D eigenvalue weighted by atomic mass is 16.6. The van der Waals surface area contributed by atoms with E-state index >= 15 is 0 Å². The number of benzene rings is 2. The topological polar surface area (TPSA) is 116 Å². The fourth-order valence-corrected chi connectivity index (χ4v) is 2.89. The standard InChI is InChI=1S/C17H13NO7/c1-24-16(20)15-14(9-2-4-10(5-3-9)18(22)23)12-7-6-11(19)8-13(12)25-17(15)21/h2-8,14-15,19H,1H3/t14-,15-/m1/s1. The van der Waals surface area contributed by atoms with Crippen LogP contribution < -0.4 is 4.74 Å². The maximum atomic E-state index is 12.3. The molecule has 0 unspecified atom stereocenters. The van der Waals surface area contributed by atoms with Gasteiger partial charge in [0.25, 0.3) is 5.69 Å². The van der Waals surface area contributed by atoms with Crippen molar-refractivity contribution in [3.05, 3.63) is 63.7 Å². The van der Waals surface area contributed by atoms with Crippen molar-refractivity contribution in [2.24, 2.45) is 5.92 Å². The first kappa shape index (κ1) is 16.4. The van der Waals surface area contributed by atoms with E-state index in [9.17, 15) is 24.8 Å². The molecule has 0 radical (unpaired) electrons. The zero-order chi connectivity index (χ0) is 18.1. The van der Waals surface area contributed by atoms with Gasteiger partial charge in [0.05, 0.1) is 12.0 Å². The molecule has 25 heavy (non-hydrogen) atoms. The highest BCUT2D eigenvalue weighted by molar-refractivity contribution is 5.99. The molecule has 0 saturated carbocycles. The van der Waals surface area contributed by atoms with E-state index in [4.69, 9.17) is 9.47 Å². The molecule has 2 atom stereocenters. The lowest BCUT2D eigenvalue weighted by Gasteiger charge is -2.30. The van der Waals surface area contributed by atoms with Crippen molar-refractivity contribution in [3.8, 4) is 11.5 Å². The van der Waals surface area contributed by atoms with Gasteiger partial charge in [0.1, 0.15) is 11.5 Å². The Morgan fingerprint density at radius 1 is 1.24 bits per heavy atom. The first-order valence-electron chi connectivity index (χ1n) is 7.29. The number of nitrogens with zero attached hydrogens (tertiary/aromatic N) is 1. The second-order valence-corrected chi connectivity index (χ2v) is 5.47. The monoisotopic (exact) mass is 343 g/mol.